The average molecular weight is 486 g/mol. The predicted octanol–water partition coefficient (Wildman–Crippen LogP) is 3.94. The quantitative estimate of drug-likeness (QED) is 0.441. The molecule has 1 aromatic heterocycles. The number of hydrogen-bond acceptors (Lipinski definition) is 7. The summed E-state index contributed by atoms with van der Waals surface area (Å²) in [6.07, 6.45) is -0.888. The molecule has 0 fully saturated rings. The van der Waals surface area contributed by atoms with Gasteiger partial charge in [-0.05, 0) is 38.1 Å². The lowest BCUT2D eigenvalue weighted by Crippen LogP contribution is -2.42. The maximum absolute atomic E-state index is 14.6. The molecule has 1 heterocycles. The SMILES string of the molecule is COc1ccnc(C(=O)N[C@@H](C)C(=O)O[C@@H](C)[C@H](Oc2ccccc2)c2ccc(F)cc2F)c1O. The molecule has 1 amide bonds. The van der Waals surface area contributed by atoms with Gasteiger partial charge in [0.05, 0.1) is 7.11 Å². The van der Waals surface area contributed by atoms with Crippen LogP contribution in [0.5, 0.6) is 17.2 Å². The number of halogens is 2. The highest BCUT2D eigenvalue weighted by Crippen LogP contribution is 2.30. The van der Waals surface area contributed by atoms with E-state index in [0.717, 1.165) is 6.07 Å². The van der Waals surface area contributed by atoms with Crippen molar-refractivity contribution < 1.29 is 37.7 Å². The van der Waals surface area contributed by atoms with Gasteiger partial charge in [0.1, 0.15) is 29.5 Å². The highest BCUT2D eigenvalue weighted by Gasteiger charge is 2.30. The molecular formula is C25H24F2N2O6. The average Bonchev–Trinajstić information content (AvgIpc) is 2.83. The summed E-state index contributed by atoms with van der Waals surface area (Å²) < 4.78 is 44.3. The fourth-order valence-corrected chi connectivity index (χ4v) is 3.23. The summed E-state index contributed by atoms with van der Waals surface area (Å²) in [5.41, 5.74) is -0.353. The van der Waals surface area contributed by atoms with E-state index in [1.807, 2.05) is 0 Å². The van der Waals surface area contributed by atoms with E-state index in [2.05, 4.69) is 10.3 Å². The van der Waals surface area contributed by atoms with Crippen molar-refractivity contribution in [2.24, 2.45) is 0 Å². The van der Waals surface area contributed by atoms with Gasteiger partial charge in [0.25, 0.3) is 5.91 Å². The van der Waals surface area contributed by atoms with Gasteiger partial charge in [0, 0.05) is 23.9 Å². The van der Waals surface area contributed by atoms with Crippen LogP contribution < -0.4 is 14.8 Å². The zero-order valence-corrected chi connectivity index (χ0v) is 19.2. The van der Waals surface area contributed by atoms with Crippen LogP contribution in [0.2, 0.25) is 0 Å². The number of esters is 1. The monoisotopic (exact) mass is 486 g/mol. The second-order valence-corrected chi connectivity index (χ2v) is 7.56. The molecule has 10 heteroatoms. The highest BCUT2D eigenvalue weighted by atomic mass is 19.1. The van der Waals surface area contributed by atoms with Gasteiger partial charge < -0.3 is 24.6 Å². The van der Waals surface area contributed by atoms with Crippen LogP contribution in [0.15, 0.2) is 60.8 Å². The van der Waals surface area contributed by atoms with Gasteiger partial charge in [-0.15, -0.1) is 0 Å². The van der Waals surface area contributed by atoms with Gasteiger partial charge in [-0.25, -0.2) is 18.6 Å². The Bertz CT molecular complexity index is 1190. The molecule has 0 bridgehead atoms. The first-order chi connectivity index (χ1) is 16.7. The molecule has 2 aromatic carbocycles. The summed E-state index contributed by atoms with van der Waals surface area (Å²) in [5, 5.41) is 12.5. The first kappa shape index (κ1) is 25.4. The largest absolute Gasteiger partial charge is 0.503 e. The van der Waals surface area contributed by atoms with Crippen LogP contribution >= 0.6 is 0 Å². The minimum atomic E-state index is -1.16. The molecule has 0 radical (unpaired) electrons. The number of methoxy groups -OCH3 is 1. The van der Waals surface area contributed by atoms with Gasteiger partial charge in [-0.2, -0.15) is 0 Å². The first-order valence-electron chi connectivity index (χ1n) is 10.6. The molecule has 0 unspecified atom stereocenters. The first-order valence-corrected chi connectivity index (χ1v) is 10.6. The molecule has 0 saturated carbocycles. The minimum absolute atomic E-state index is 0.0160. The number of benzene rings is 2. The van der Waals surface area contributed by atoms with Crippen molar-refractivity contribution in [1.82, 2.24) is 10.3 Å². The molecule has 0 aliphatic heterocycles. The van der Waals surface area contributed by atoms with E-state index < -0.39 is 47.5 Å². The van der Waals surface area contributed by atoms with E-state index in [9.17, 15) is 23.5 Å². The molecule has 0 aliphatic rings. The van der Waals surface area contributed by atoms with Crippen LogP contribution in [0.4, 0.5) is 8.78 Å². The third kappa shape index (κ3) is 6.23. The summed E-state index contributed by atoms with van der Waals surface area (Å²) in [6.45, 7) is 2.86. The summed E-state index contributed by atoms with van der Waals surface area (Å²) in [4.78, 5) is 29.0. The number of amides is 1. The molecule has 0 aliphatic carbocycles. The van der Waals surface area contributed by atoms with Crippen LogP contribution in [-0.2, 0) is 9.53 Å². The maximum Gasteiger partial charge on any atom is 0.328 e. The molecule has 35 heavy (non-hydrogen) atoms. The topological polar surface area (TPSA) is 107 Å². The third-order valence-electron chi connectivity index (χ3n) is 5.03. The van der Waals surface area contributed by atoms with Crippen molar-refractivity contribution in [2.45, 2.75) is 32.1 Å². The van der Waals surface area contributed by atoms with Gasteiger partial charge in [0.2, 0.25) is 0 Å². The molecule has 0 spiro atoms. The Morgan fingerprint density at radius 3 is 2.43 bits per heavy atom. The van der Waals surface area contributed by atoms with Crippen LogP contribution in [0.1, 0.15) is 36.0 Å². The van der Waals surface area contributed by atoms with E-state index in [4.69, 9.17) is 14.2 Å². The van der Waals surface area contributed by atoms with Crippen LogP contribution in [0.25, 0.3) is 0 Å². The number of hydrogen-bond donors (Lipinski definition) is 2. The van der Waals surface area contributed by atoms with Crippen molar-refractivity contribution in [2.75, 3.05) is 7.11 Å². The third-order valence-corrected chi connectivity index (χ3v) is 5.03. The molecule has 0 saturated heterocycles. The lowest BCUT2D eigenvalue weighted by molar-refractivity contribution is -0.154. The van der Waals surface area contributed by atoms with Crippen molar-refractivity contribution in [3.63, 3.8) is 0 Å². The van der Waals surface area contributed by atoms with E-state index >= 15 is 0 Å². The number of nitrogens with zero attached hydrogens (tertiary/aromatic N) is 1. The highest BCUT2D eigenvalue weighted by molar-refractivity contribution is 5.97. The molecule has 2 N–H and O–H groups in total. The summed E-state index contributed by atoms with van der Waals surface area (Å²) >= 11 is 0. The minimum Gasteiger partial charge on any atom is -0.503 e. The van der Waals surface area contributed by atoms with Crippen LogP contribution in [0.3, 0.4) is 0 Å². The number of aromatic hydroxyl groups is 1. The summed E-state index contributed by atoms with van der Waals surface area (Å²) in [6, 6.07) is 11.7. The number of ether oxygens (including phenoxy) is 3. The van der Waals surface area contributed by atoms with Crippen molar-refractivity contribution in [3.8, 4) is 17.2 Å². The zero-order valence-electron chi connectivity index (χ0n) is 19.2. The smallest absolute Gasteiger partial charge is 0.328 e. The van der Waals surface area contributed by atoms with Crippen molar-refractivity contribution in [3.05, 3.63) is 83.7 Å². The Labute approximate surface area is 200 Å². The van der Waals surface area contributed by atoms with Crippen LogP contribution in [-0.4, -0.2) is 41.2 Å². The van der Waals surface area contributed by atoms with Gasteiger partial charge in [0.15, 0.2) is 23.3 Å². The molecule has 3 atom stereocenters. The molecule has 3 rings (SSSR count). The van der Waals surface area contributed by atoms with Gasteiger partial charge in [-0.1, -0.05) is 18.2 Å². The standard InChI is InChI=1S/C25H24F2N2O6/c1-14(29-24(31)21-22(30)20(33-3)11-12-28-21)25(32)34-15(2)23(35-17-7-5-4-6-8-17)18-10-9-16(26)13-19(18)27/h4-15,23,30H,1-3H3,(H,29,31)/t14-,15-,23-/m0/s1. The molecule has 184 valence electrons. The number of para-hydroxylation sites is 1. The number of pyridine rings is 1. The Morgan fingerprint density at radius 1 is 1.06 bits per heavy atom. The number of carbonyl (C=O) groups is 2. The number of carbonyl (C=O) groups excluding carboxylic acids is 2. The van der Waals surface area contributed by atoms with Crippen LogP contribution in [0, 0.1) is 11.6 Å². The molecule has 8 nitrogen and oxygen atoms in total. The number of aromatic nitrogens is 1. The Kier molecular flexibility index (Phi) is 8.19. The molecule has 3 aromatic rings. The van der Waals surface area contributed by atoms with Gasteiger partial charge in [-0.3, -0.25) is 4.79 Å². The van der Waals surface area contributed by atoms with E-state index in [1.165, 1.54) is 39.3 Å². The van der Waals surface area contributed by atoms with E-state index in [1.54, 1.807) is 30.3 Å². The number of rotatable bonds is 9. The predicted molar refractivity (Wildman–Crippen MR) is 121 cm³/mol. The molecular weight excluding hydrogens is 462 g/mol. The van der Waals surface area contributed by atoms with E-state index in [-0.39, 0.29) is 17.0 Å². The fourth-order valence-electron chi connectivity index (χ4n) is 3.23. The second-order valence-electron chi connectivity index (χ2n) is 7.56. The lowest BCUT2D eigenvalue weighted by Gasteiger charge is -2.27. The Balaban J connectivity index is 1.75. The number of nitrogens with one attached hydrogen (secondary N) is 1. The lowest BCUT2D eigenvalue weighted by atomic mass is 10.0. The zero-order chi connectivity index (χ0) is 25.5. The summed E-state index contributed by atoms with van der Waals surface area (Å²) in [5.74, 6) is -3.38. The maximum atomic E-state index is 14.6. The van der Waals surface area contributed by atoms with Gasteiger partial charge >= 0.3 is 5.97 Å². The summed E-state index contributed by atoms with van der Waals surface area (Å²) in [7, 11) is 1.32. The second kappa shape index (κ2) is 11.3. The van der Waals surface area contributed by atoms with Crippen molar-refractivity contribution >= 4 is 11.9 Å². The Hall–Kier alpha value is -4.21. The normalized spacial score (nSPS) is 13.3. The van der Waals surface area contributed by atoms with Crippen molar-refractivity contribution in [1.29, 1.82) is 0 Å². The fraction of sp³-hybridized carbons (Fsp3) is 0.240. The van der Waals surface area contributed by atoms with E-state index in [0.29, 0.717) is 11.8 Å². The Morgan fingerprint density at radius 2 is 1.77 bits per heavy atom.